The summed E-state index contributed by atoms with van der Waals surface area (Å²) in [5, 5.41) is 0. The molecule has 0 saturated heterocycles. The van der Waals surface area contributed by atoms with Crippen molar-refractivity contribution in [3.05, 3.63) is 53.4 Å². The Morgan fingerprint density at radius 3 is 2.61 bits per heavy atom. The van der Waals surface area contributed by atoms with Gasteiger partial charge in [-0.25, -0.2) is 4.39 Å². The predicted molar refractivity (Wildman–Crippen MR) is 98.9 cm³/mol. The van der Waals surface area contributed by atoms with E-state index in [1.165, 1.54) is 38.5 Å². The molecule has 0 N–H and O–H groups in total. The standard InChI is InChI=1S/C22H31F/c1-3-5-6-8-20-14-16-21(22(23)17-20)15-13-19-11-9-18(7-4-2)10-12-19/h9,11,13-19H,3-8,10,12H2,1-2H3. The number of allylic oxidation sites excluding steroid dienone is 3. The maximum absolute atomic E-state index is 14.2. The summed E-state index contributed by atoms with van der Waals surface area (Å²) in [4.78, 5) is 0. The van der Waals surface area contributed by atoms with Gasteiger partial charge in [0.1, 0.15) is 5.82 Å². The van der Waals surface area contributed by atoms with Crippen LogP contribution >= 0.6 is 0 Å². The molecule has 1 aromatic carbocycles. The van der Waals surface area contributed by atoms with Crippen molar-refractivity contribution in [2.24, 2.45) is 11.8 Å². The first kappa shape index (κ1) is 18.0. The topological polar surface area (TPSA) is 0 Å². The van der Waals surface area contributed by atoms with E-state index in [4.69, 9.17) is 0 Å². The van der Waals surface area contributed by atoms with Crippen LogP contribution in [0.2, 0.25) is 0 Å². The molecule has 0 nitrogen and oxygen atoms in total. The van der Waals surface area contributed by atoms with Gasteiger partial charge in [-0.3, -0.25) is 0 Å². The minimum atomic E-state index is -0.0844. The second-order valence-corrected chi connectivity index (χ2v) is 6.85. The highest BCUT2D eigenvalue weighted by Crippen LogP contribution is 2.27. The molecule has 0 spiro atoms. The van der Waals surface area contributed by atoms with Crippen LogP contribution in [0.25, 0.3) is 6.08 Å². The first-order chi connectivity index (χ1) is 11.2. The monoisotopic (exact) mass is 314 g/mol. The number of hydrogen-bond donors (Lipinski definition) is 0. The van der Waals surface area contributed by atoms with Crippen LogP contribution in [0, 0.1) is 17.7 Å². The molecule has 0 radical (unpaired) electrons. The maximum Gasteiger partial charge on any atom is 0.130 e. The number of benzene rings is 1. The third kappa shape index (κ3) is 5.97. The molecule has 0 aromatic heterocycles. The van der Waals surface area contributed by atoms with Gasteiger partial charge in [-0.2, -0.15) is 0 Å². The molecule has 0 saturated carbocycles. The van der Waals surface area contributed by atoms with E-state index in [1.807, 2.05) is 12.1 Å². The van der Waals surface area contributed by atoms with Crippen molar-refractivity contribution in [3.8, 4) is 0 Å². The molecule has 2 rings (SSSR count). The normalized spacial score (nSPS) is 21.2. The molecule has 2 unspecified atom stereocenters. The highest BCUT2D eigenvalue weighted by atomic mass is 19.1. The summed E-state index contributed by atoms with van der Waals surface area (Å²) in [6, 6.07) is 5.72. The Morgan fingerprint density at radius 2 is 1.96 bits per heavy atom. The first-order valence-electron chi connectivity index (χ1n) is 9.37. The summed E-state index contributed by atoms with van der Waals surface area (Å²) in [7, 11) is 0. The van der Waals surface area contributed by atoms with Crippen LogP contribution in [-0.2, 0) is 6.42 Å². The second kappa shape index (κ2) is 9.70. The quantitative estimate of drug-likeness (QED) is 0.359. The lowest BCUT2D eigenvalue weighted by Crippen LogP contribution is -2.06. The average molecular weight is 314 g/mol. The second-order valence-electron chi connectivity index (χ2n) is 6.85. The van der Waals surface area contributed by atoms with E-state index in [-0.39, 0.29) is 5.82 Å². The molecule has 126 valence electrons. The van der Waals surface area contributed by atoms with Crippen LogP contribution in [0.4, 0.5) is 4.39 Å². The van der Waals surface area contributed by atoms with Crippen molar-refractivity contribution in [2.75, 3.05) is 0 Å². The third-order valence-electron chi connectivity index (χ3n) is 4.82. The fraction of sp³-hybridized carbons (Fsp3) is 0.545. The molecule has 0 amide bonds. The zero-order chi connectivity index (χ0) is 16.5. The summed E-state index contributed by atoms with van der Waals surface area (Å²) in [5.41, 5.74) is 1.83. The van der Waals surface area contributed by atoms with Crippen molar-refractivity contribution in [1.29, 1.82) is 0 Å². The van der Waals surface area contributed by atoms with E-state index >= 15 is 0 Å². The van der Waals surface area contributed by atoms with Gasteiger partial charge in [-0.05, 0) is 55.6 Å². The Bertz CT molecular complexity index is 527. The molecular weight excluding hydrogens is 283 g/mol. The summed E-state index contributed by atoms with van der Waals surface area (Å²) >= 11 is 0. The predicted octanol–water partition coefficient (Wildman–Crippen LogP) is 6.95. The van der Waals surface area contributed by atoms with E-state index in [9.17, 15) is 4.39 Å². The number of halogens is 1. The van der Waals surface area contributed by atoms with E-state index in [0.29, 0.717) is 11.5 Å². The minimum absolute atomic E-state index is 0.0844. The van der Waals surface area contributed by atoms with Gasteiger partial charge in [0, 0.05) is 5.56 Å². The van der Waals surface area contributed by atoms with Crippen LogP contribution < -0.4 is 0 Å². The van der Waals surface area contributed by atoms with Crippen molar-refractivity contribution in [3.63, 3.8) is 0 Å². The van der Waals surface area contributed by atoms with Gasteiger partial charge in [0.05, 0.1) is 0 Å². The minimum Gasteiger partial charge on any atom is -0.206 e. The third-order valence-corrected chi connectivity index (χ3v) is 4.82. The van der Waals surface area contributed by atoms with Crippen LogP contribution in [-0.4, -0.2) is 0 Å². The maximum atomic E-state index is 14.2. The molecule has 2 atom stereocenters. The Hall–Kier alpha value is -1.37. The van der Waals surface area contributed by atoms with Crippen molar-refractivity contribution in [1.82, 2.24) is 0 Å². The van der Waals surface area contributed by atoms with Gasteiger partial charge in [0.15, 0.2) is 0 Å². The smallest absolute Gasteiger partial charge is 0.130 e. The Morgan fingerprint density at radius 1 is 1.09 bits per heavy atom. The highest BCUT2D eigenvalue weighted by molar-refractivity contribution is 5.51. The first-order valence-corrected chi connectivity index (χ1v) is 9.37. The summed E-state index contributed by atoms with van der Waals surface area (Å²) < 4.78 is 14.2. The van der Waals surface area contributed by atoms with Gasteiger partial charge < -0.3 is 0 Å². The lowest BCUT2D eigenvalue weighted by atomic mass is 9.86. The van der Waals surface area contributed by atoms with Crippen LogP contribution in [0.5, 0.6) is 0 Å². The van der Waals surface area contributed by atoms with Crippen molar-refractivity contribution >= 4 is 6.08 Å². The van der Waals surface area contributed by atoms with Crippen molar-refractivity contribution in [2.45, 2.75) is 65.2 Å². The van der Waals surface area contributed by atoms with Gasteiger partial charge in [-0.1, -0.05) is 69.5 Å². The number of rotatable bonds is 8. The van der Waals surface area contributed by atoms with E-state index in [0.717, 1.165) is 24.3 Å². The molecule has 1 aliphatic carbocycles. The van der Waals surface area contributed by atoms with Crippen LogP contribution in [0.1, 0.15) is 69.9 Å². The van der Waals surface area contributed by atoms with E-state index in [1.54, 1.807) is 6.07 Å². The average Bonchev–Trinajstić information content (AvgIpc) is 2.56. The van der Waals surface area contributed by atoms with Gasteiger partial charge >= 0.3 is 0 Å². The van der Waals surface area contributed by atoms with Crippen LogP contribution in [0.3, 0.4) is 0 Å². The molecule has 1 heteroatoms. The number of aryl methyl sites for hydroxylation is 1. The molecule has 0 bridgehead atoms. The largest absolute Gasteiger partial charge is 0.206 e. The fourth-order valence-electron chi connectivity index (χ4n) is 3.34. The van der Waals surface area contributed by atoms with Gasteiger partial charge in [-0.15, -0.1) is 0 Å². The Balaban J connectivity index is 1.91. The Kier molecular flexibility index (Phi) is 7.58. The highest BCUT2D eigenvalue weighted by Gasteiger charge is 2.13. The summed E-state index contributed by atoms with van der Waals surface area (Å²) in [6.45, 7) is 4.44. The molecule has 0 heterocycles. The molecule has 1 aliphatic rings. The lowest BCUT2D eigenvalue weighted by molar-refractivity contribution is 0.468. The van der Waals surface area contributed by atoms with Crippen molar-refractivity contribution < 1.29 is 4.39 Å². The van der Waals surface area contributed by atoms with Gasteiger partial charge in [0.25, 0.3) is 0 Å². The summed E-state index contributed by atoms with van der Waals surface area (Å²) in [6.07, 6.45) is 18.3. The number of unbranched alkanes of at least 4 members (excludes halogenated alkanes) is 2. The molecule has 1 aromatic rings. The van der Waals surface area contributed by atoms with Crippen LogP contribution in [0.15, 0.2) is 36.4 Å². The molecule has 23 heavy (non-hydrogen) atoms. The molecule has 0 aliphatic heterocycles. The summed E-state index contributed by atoms with van der Waals surface area (Å²) in [5.74, 6) is 1.13. The Labute approximate surface area is 141 Å². The zero-order valence-electron chi connectivity index (χ0n) is 14.7. The molecular formula is C22H31F. The number of hydrogen-bond acceptors (Lipinski definition) is 0. The SMILES string of the molecule is CCCCCc1ccc(C=CC2C=CC(CCC)CC2)c(F)c1. The van der Waals surface area contributed by atoms with Gasteiger partial charge in [0.2, 0.25) is 0 Å². The molecule has 0 fully saturated rings. The van der Waals surface area contributed by atoms with E-state index < -0.39 is 0 Å². The lowest BCUT2D eigenvalue weighted by Gasteiger charge is -2.20. The fourth-order valence-corrected chi connectivity index (χ4v) is 3.34. The zero-order valence-corrected chi connectivity index (χ0v) is 14.7. The van der Waals surface area contributed by atoms with E-state index in [2.05, 4.69) is 38.1 Å².